The first-order valence-corrected chi connectivity index (χ1v) is 12.9. The van der Waals surface area contributed by atoms with Crippen LogP contribution < -0.4 is 14.9 Å². The molecule has 0 fully saturated rings. The van der Waals surface area contributed by atoms with Crippen LogP contribution in [0.3, 0.4) is 0 Å². The molecule has 0 saturated heterocycles. The van der Waals surface area contributed by atoms with Crippen LogP contribution in [0, 0.1) is 27.7 Å². The van der Waals surface area contributed by atoms with Crippen molar-refractivity contribution in [3.8, 4) is 0 Å². The van der Waals surface area contributed by atoms with Crippen molar-refractivity contribution >= 4 is 33.2 Å². The summed E-state index contributed by atoms with van der Waals surface area (Å²) in [7, 11) is -4.16. The van der Waals surface area contributed by atoms with Crippen LogP contribution in [-0.2, 0) is 26.2 Å². The van der Waals surface area contributed by atoms with E-state index < -0.39 is 27.9 Å². The maximum absolute atomic E-state index is 14.1. The second-order valence-corrected chi connectivity index (χ2v) is 10.8. The van der Waals surface area contributed by atoms with Gasteiger partial charge in [0.1, 0.15) is 6.04 Å². The van der Waals surface area contributed by atoms with E-state index in [1.807, 2.05) is 38.1 Å². The lowest BCUT2D eigenvalue weighted by molar-refractivity contribution is -0.125. The van der Waals surface area contributed by atoms with Gasteiger partial charge in [-0.25, -0.2) is 8.42 Å². The van der Waals surface area contributed by atoms with Crippen LogP contribution in [0.2, 0.25) is 0 Å². The highest BCUT2D eigenvalue weighted by atomic mass is 32.2. The van der Waals surface area contributed by atoms with Crippen LogP contribution >= 0.6 is 0 Å². The molecule has 0 spiro atoms. The number of benzene rings is 3. The minimum Gasteiger partial charge on any atom is -0.352 e. The van der Waals surface area contributed by atoms with E-state index in [0.29, 0.717) is 22.5 Å². The second-order valence-electron chi connectivity index (χ2n) is 9.02. The van der Waals surface area contributed by atoms with E-state index in [2.05, 4.69) is 10.6 Å². The number of hydrogen-bond donors (Lipinski definition) is 2. The third kappa shape index (κ3) is 4.93. The average molecular weight is 492 g/mol. The van der Waals surface area contributed by atoms with Crippen LogP contribution in [0.15, 0.2) is 65.6 Å². The highest BCUT2D eigenvalue weighted by Gasteiger charge is 2.42. The monoisotopic (exact) mass is 491 g/mol. The third-order valence-corrected chi connectivity index (χ3v) is 8.19. The number of fused-ring (bicyclic) bond motifs is 1. The minimum absolute atomic E-state index is 0.151. The van der Waals surface area contributed by atoms with Gasteiger partial charge in [-0.1, -0.05) is 59.7 Å². The maximum atomic E-state index is 14.1. The van der Waals surface area contributed by atoms with Gasteiger partial charge in [0.2, 0.25) is 11.8 Å². The number of rotatable bonds is 6. The number of carbonyl (C=O) groups excluding carboxylic acids is 2. The summed E-state index contributed by atoms with van der Waals surface area (Å²) in [6.07, 6.45) is -0.310. The van der Waals surface area contributed by atoms with E-state index in [0.717, 1.165) is 21.0 Å². The van der Waals surface area contributed by atoms with E-state index in [1.165, 1.54) is 0 Å². The molecule has 0 aromatic heterocycles. The fourth-order valence-corrected chi connectivity index (χ4v) is 6.73. The number of sulfonamides is 1. The molecule has 0 saturated carbocycles. The van der Waals surface area contributed by atoms with Crippen LogP contribution in [-0.4, -0.2) is 26.3 Å². The number of nitrogens with one attached hydrogen (secondary N) is 2. The summed E-state index contributed by atoms with van der Waals surface area (Å²) in [5.74, 6) is -0.955. The summed E-state index contributed by atoms with van der Waals surface area (Å²) in [6.45, 7) is 7.64. The fourth-order valence-electron chi connectivity index (χ4n) is 4.68. The van der Waals surface area contributed by atoms with E-state index >= 15 is 0 Å². The second kappa shape index (κ2) is 9.54. The molecule has 8 heteroatoms. The number of hydrogen-bond acceptors (Lipinski definition) is 4. The van der Waals surface area contributed by atoms with Crippen LogP contribution in [0.5, 0.6) is 0 Å². The van der Waals surface area contributed by atoms with Gasteiger partial charge in [0, 0.05) is 6.54 Å². The molecule has 1 aliphatic rings. The van der Waals surface area contributed by atoms with Gasteiger partial charge in [-0.05, 0) is 56.5 Å². The van der Waals surface area contributed by atoms with E-state index in [9.17, 15) is 18.0 Å². The van der Waals surface area contributed by atoms with E-state index in [-0.39, 0.29) is 17.9 Å². The number of aryl methyl sites for hydroxylation is 4. The molecular weight excluding hydrogens is 462 g/mol. The van der Waals surface area contributed by atoms with Gasteiger partial charge in [0.25, 0.3) is 10.0 Å². The highest BCUT2D eigenvalue weighted by molar-refractivity contribution is 7.93. The molecule has 7 nitrogen and oxygen atoms in total. The maximum Gasteiger partial charge on any atom is 0.265 e. The molecule has 0 bridgehead atoms. The summed E-state index contributed by atoms with van der Waals surface area (Å²) in [6, 6.07) is 16.8. The first-order chi connectivity index (χ1) is 16.6. The first kappa shape index (κ1) is 24.5. The molecular formula is C27H29N3O4S. The molecule has 0 radical (unpaired) electrons. The number of carbonyl (C=O) groups is 2. The molecule has 4 rings (SSSR count). The SMILES string of the molecule is Cc1cccc(CNC(=O)CC2C(=O)Nc3ccccc3N2S(=O)(=O)c2c(C)cc(C)cc2C)c1. The smallest absolute Gasteiger partial charge is 0.265 e. The number of nitrogens with zero attached hydrogens (tertiary/aromatic N) is 1. The third-order valence-electron chi connectivity index (χ3n) is 6.06. The van der Waals surface area contributed by atoms with E-state index in [1.54, 1.807) is 50.2 Å². The summed E-state index contributed by atoms with van der Waals surface area (Å²) in [4.78, 5) is 26.2. The Balaban J connectivity index is 1.70. The Morgan fingerprint density at radius 1 is 0.943 bits per heavy atom. The summed E-state index contributed by atoms with van der Waals surface area (Å²) in [5, 5.41) is 5.58. The zero-order chi connectivity index (χ0) is 25.3. The quantitative estimate of drug-likeness (QED) is 0.542. The zero-order valence-electron chi connectivity index (χ0n) is 20.3. The zero-order valence-corrected chi connectivity index (χ0v) is 21.1. The number of amides is 2. The lowest BCUT2D eigenvalue weighted by Crippen LogP contribution is -2.53. The standard InChI is InChI=1S/C27H29N3O4S/c1-17-8-7-9-21(14-17)16-28-25(31)15-24-27(32)29-22-10-5-6-11-23(22)30(24)35(33,34)26-19(3)12-18(2)13-20(26)4/h5-14,24H,15-16H2,1-4H3,(H,28,31)(H,29,32). The fraction of sp³-hybridized carbons (Fsp3) is 0.259. The molecule has 1 atom stereocenters. The molecule has 1 heterocycles. The molecule has 1 aliphatic heterocycles. The van der Waals surface area contributed by atoms with Gasteiger partial charge in [-0.2, -0.15) is 0 Å². The Labute approximate surface area is 206 Å². The Hall–Kier alpha value is -3.65. The van der Waals surface area contributed by atoms with Crippen molar-refractivity contribution in [3.05, 3.63) is 88.5 Å². The molecule has 3 aromatic rings. The molecule has 3 aromatic carbocycles. The van der Waals surface area contributed by atoms with Crippen molar-refractivity contribution in [2.24, 2.45) is 0 Å². The normalized spacial score (nSPS) is 15.4. The van der Waals surface area contributed by atoms with Crippen LogP contribution in [0.25, 0.3) is 0 Å². The largest absolute Gasteiger partial charge is 0.352 e. The van der Waals surface area contributed by atoms with Crippen LogP contribution in [0.4, 0.5) is 11.4 Å². The highest BCUT2D eigenvalue weighted by Crippen LogP contribution is 2.38. The minimum atomic E-state index is -4.16. The lowest BCUT2D eigenvalue weighted by atomic mass is 10.1. The van der Waals surface area contributed by atoms with Gasteiger partial charge < -0.3 is 10.6 Å². The molecule has 2 amide bonds. The number of anilines is 2. The summed E-state index contributed by atoms with van der Waals surface area (Å²) in [5.41, 5.74) is 4.85. The topological polar surface area (TPSA) is 95.6 Å². The first-order valence-electron chi connectivity index (χ1n) is 11.4. The average Bonchev–Trinajstić information content (AvgIpc) is 2.77. The van der Waals surface area contributed by atoms with E-state index in [4.69, 9.17) is 0 Å². The van der Waals surface area contributed by atoms with Crippen molar-refractivity contribution < 1.29 is 18.0 Å². The van der Waals surface area contributed by atoms with Crippen LogP contribution in [0.1, 0.15) is 34.2 Å². The Kier molecular flexibility index (Phi) is 6.67. The van der Waals surface area contributed by atoms with Crippen molar-refractivity contribution in [2.75, 3.05) is 9.62 Å². The summed E-state index contributed by atoms with van der Waals surface area (Å²) >= 11 is 0. The molecule has 1 unspecified atom stereocenters. The van der Waals surface area contributed by atoms with Crippen molar-refractivity contribution in [2.45, 2.75) is 51.6 Å². The molecule has 0 aliphatic carbocycles. The van der Waals surface area contributed by atoms with Gasteiger partial charge in [-0.3, -0.25) is 13.9 Å². The molecule has 35 heavy (non-hydrogen) atoms. The molecule has 2 N–H and O–H groups in total. The molecule has 182 valence electrons. The van der Waals surface area contributed by atoms with Crippen molar-refractivity contribution in [1.82, 2.24) is 5.32 Å². The summed E-state index contributed by atoms with van der Waals surface area (Å²) < 4.78 is 29.3. The predicted molar refractivity (Wildman–Crippen MR) is 137 cm³/mol. The number of para-hydroxylation sites is 2. The Morgan fingerprint density at radius 2 is 1.63 bits per heavy atom. The predicted octanol–water partition coefficient (Wildman–Crippen LogP) is 4.14. The van der Waals surface area contributed by atoms with Crippen molar-refractivity contribution in [1.29, 1.82) is 0 Å². The Bertz CT molecular complexity index is 1390. The lowest BCUT2D eigenvalue weighted by Gasteiger charge is -2.37. The van der Waals surface area contributed by atoms with Crippen molar-refractivity contribution in [3.63, 3.8) is 0 Å². The van der Waals surface area contributed by atoms with Gasteiger partial charge >= 0.3 is 0 Å². The van der Waals surface area contributed by atoms with Gasteiger partial charge in [-0.15, -0.1) is 0 Å². The van der Waals surface area contributed by atoms with Gasteiger partial charge in [0.15, 0.2) is 0 Å². The Morgan fingerprint density at radius 3 is 2.31 bits per heavy atom. The van der Waals surface area contributed by atoms with Gasteiger partial charge in [0.05, 0.1) is 22.7 Å².